The topological polar surface area (TPSA) is 72.5 Å². The van der Waals surface area contributed by atoms with Crippen molar-refractivity contribution < 1.29 is 26.7 Å². The van der Waals surface area contributed by atoms with Crippen LogP contribution in [0, 0.1) is 0 Å². The lowest BCUT2D eigenvalue weighted by atomic mass is 10.3. The first-order valence-corrected chi connectivity index (χ1v) is 6.85. The summed E-state index contributed by atoms with van der Waals surface area (Å²) in [6, 6.07) is 5.51. The van der Waals surface area contributed by atoms with Crippen LogP contribution in [-0.4, -0.2) is 32.9 Å². The molecule has 0 aliphatic rings. The number of amides is 1. The Labute approximate surface area is 103 Å². The standard InChI is InChI=1S/C10H11F2NO4S/c1-18(15,16)6-9(14)13-7-4-2-3-5-8(7)17-10(11)12/h2-5,10H,6H2,1H3,(H,13,14). The van der Waals surface area contributed by atoms with Crippen molar-refractivity contribution in [2.75, 3.05) is 17.3 Å². The first-order chi connectivity index (χ1) is 8.28. The molecule has 0 heterocycles. The lowest BCUT2D eigenvalue weighted by Gasteiger charge is -2.11. The quantitative estimate of drug-likeness (QED) is 0.881. The first-order valence-electron chi connectivity index (χ1n) is 4.79. The van der Waals surface area contributed by atoms with Gasteiger partial charge < -0.3 is 10.1 Å². The Hall–Kier alpha value is -1.70. The zero-order chi connectivity index (χ0) is 13.8. The van der Waals surface area contributed by atoms with Gasteiger partial charge in [-0.15, -0.1) is 0 Å². The average molecular weight is 279 g/mol. The Morgan fingerprint density at radius 1 is 1.39 bits per heavy atom. The van der Waals surface area contributed by atoms with Gasteiger partial charge in [0.05, 0.1) is 5.69 Å². The van der Waals surface area contributed by atoms with Gasteiger partial charge in [-0.2, -0.15) is 8.78 Å². The maximum atomic E-state index is 12.1. The summed E-state index contributed by atoms with van der Waals surface area (Å²) in [7, 11) is -3.48. The molecule has 0 aliphatic heterocycles. The minimum absolute atomic E-state index is 0.00792. The number of carbonyl (C=O) groups excluding carboxylic acids is 1. The maximum Gasteiger partial charge on any atom is 0.387 e. The summed E-state index contributed by atoms with van der Waals surface area (Å²) in [6.45, 7) is -3.03. The van der Waals surface area contributed by atoms with Crippen molar-refractivity contribution in [2.45, 2.75) is 6.61 Å². The third-order valence-corrected chi connectivity index (χ3v) is 2.56. The monoisotopic (exact) mass is 279 g/mol. The lowest BCUT2D eigenvalue weighted by molar-refractivity contribution is -0.114. The van der Waals surface area contributed by atoms with E-state index in [9.17, 15) is 22.0 Å². The molecule has 8 heteroatoms. The molecule has 100 valence electrons. The predicted octanol–water partition coefficient (Wildman–Crippen LogP) is 1.27. The highest BCUT2D eigenvalue weighted by molar-refractivity contribution is 7.91. The molecule has 0 bridgehead atoms. The number of para-hydroxylation sites is 2. The van der Waals surface area contributed by atoms with Gasteiger partial charge in [0.15, 0.2) is 9.84 Å². The summed E-state index contributed by atoms with van der Waals surface area (Å²) >= 11 is 0. The van der Waals surface area contributed by atoms with Crippen molar-refractivity contribution in [2.24, 2.45) is 0 Å². The van der Waals surface area contributed by atoms with Crippen molar-refractivity contribution in [1.29, 1.82) is 0 Å². The van der Waals surface area contributed by atoms with E-state index in [1.165, 1.54) is 24.3 Å². The van der Waals surface area contributed by atoms with Crippen LogP contribution < -0.4 is 10.1 Å². The van der Waals surface area contributed by atoms with Crippen LogP contribution in [0.25, 0.3) is 0 Å². The van der Waals surface area contributed by atoms with Gasteiger partial charge in [-0.1, -0.05) is 12.1 Å². The highest BCUT2D eigenvalue weighted by Crippen LogP contribution is 2.25. The van der Waals surface area contributed by atoms with Crippen LogP contribution in [-0.2, 0) is 14.6 Å². The molecule has 0 saturated carbocycles. The second-order valence-electron chi connectivity index (χ2n) is 3.49. The fraction of sp³-hybridized carbons (Fsp3) is 0.300. The summed E-state index contributed by atoms with van der Waals surface area (Å²) < 4.78 is 50.1. The molecule has 0 aliphatic carbocycles. The minimum Gasteiger partial charge on any atom is -0.433 e. The normalized spacial score (nSPS) is 11.3. The summed E-state index contributed by atoms with van der Waals surface area (Å²) in [5.74, 6) is -1.77. The molecule has 0 radical (unpaired) electrons. The fourth-order valence-electron chi connectivity index (χ4n) is 1.19. The smallest absolute Gasteiger partial charge is 0.387 e. The Balaban J connectivity index is 2.81. The molecule has 18 heavy (non-hydrogen) atoms. The minimum atomic E-state index is -3.48. The van der Waals surface area contributed by atoms with E-state index in [1.807, 2.05) is 0 Å². The highest BCUT2D eigenvalue weighted by Gasteiger charge is 2.14. The number of hydrogen-bond donors (Lipinski definition) is 1. The van der Waals surface area contributed by atoms with Crippen LogP contribution in [0.15, 0.2) is 24.3 Å². The molecule has 1 rings (SSSR count). The van der Waals surface area contributed by atoms with Crippen LogP contribution in [0.2, 0.25) is 0 Å². The lowest BCUT2D eigenvalue weighted by Crippen LogP contribution is -2.22. The second-order valence-corrected chi connectivity index (χ2v) is 5.63. The highest BCUT2D eigenvalue weighted by atomic mass is 32.2. The zero-order valence-electron chi connectivity index (χ0n) is 9.39. The molecule has 0 fully saturated rings. The van der Waals surface area contributed by atoms with Crippen LogP contribution in [0.4, 0.5) is 14.5 Å². The van der Waals surface area contributed by atoms with Gasteiger partial charge in [-0.05, 0) is 12.1 Å². The van der Waals surface area contributed by atoms with E-state index in [4.69, 9.17) is 0 Å². The summed E-state index contributed by atoms with van der Waals surface area (Å²) in [5.41, 5.74) is -0.00792. The number of halogens is 2. The van der Waals surface area contributed by atoms with Gasteiger partial charge in [-0.25, -0.2) is 8.42 Å². The van der Waals surface area contributed by atoms with Gasteiger partial charge in [0.1, 0.15) is 11.5 Å². The first kappa shape index (κ1) is 14.4. The van der Waals surface area contributed by atoms with Gasteiger partial charge in [0.25, 0.3) is 0 Å². The molecule has 0 spiro atoms. The predicted molar refractivity (Wildman–Crippen MR) is 61.4 cm³/mol. The largest absolute Gasteiger partial charge is 0.433 e. The fourth-order valence-corrected chi connectivity index (χ4v) is 1.74. The zero-order valence-corrected chi connectivity index (χ0v) is 10.2. The number of ether oxygens (including phenoxy) is 1. The number of alkyl halides is 2. The second kappa shape index (κ2) is 5.76. The van der Waals surface area contributed by atoms with Gasteiger partial charge in [-0.3, -0.25) is 4.79 Å². The average Bonchev–Trinajstić information content (AvgIpc) is 2.17. The van der Waals surface area contributed by atoms with E-state index < -0.39 is 28.1 Å². The summed E-state index contributed by atoms with van der Waals surface area (Å²) in [6.07, 6.45) is 0.897. The molecular formula is C10H11F2NO4S. The van der Waals surface area contributed by atoms with Crippen molar-refractivity contribution in [3.05, 3.63) is 24.3 Å². The SMILES string of the molecule is CS(=O)(=O)CC(=O)Nc1ccccc1OC(F)F. The molecule has 5 nitrogen and oxygen atoms in total. The summed E-state index contributed by atoms with van der Waals surface area (Å²) in [4.78, 5) is 11.3. The van der Waals surface area contributed by atoms with E-state index in [-0.39, 0.29) is 11.4 Å². The number of nitrogens with one attached hydrogen (secondary N) is 1. The van der Waals surface area contributed by atoms with Crippen LogP contribution in [0.5, 0.6) is 5.75 Å². The van der Waals surface area contributed by atoms with Crippen LogP contribution in [0.1, 0.15) is 0 Å². The summed E-state index contributed by atoms with van der Waals surface area (Å²) in [5, 5.41) is 2.20. The Bertz CT molecular complexity index is 530. The molecule has 0 unspecified atom stereocenters. The number of rotatable bonds is 5. The van der Waals surface area contributed by atoms with E-state index in [2.05, 4.69) is 10.1 Å². The Morgan fingerprint density at radius 3 is 2.56 bits per heavy atom. The van der Waals surface area contributed by atoms with Gasteiger partial charge in [0.2, 0.25) is 5.91 Å². The molecule has 1 aromatic rings. The molecule has 1 amide bonds. The van der Waals surface area contributed by atoms with Crippen molar-refractivity contribution in [1.82, 2.24) is 0 Å². The van der Waals surface area contributed by atoms with E-state index in [0.29, 0.717) is 0 Å². The van der Waals surface area contributed by atoms with Gasteiger partial charge in [0, 0.05) is 6.26 Å². The number of sulfone groups is 1. The molecular weight excluding hydrogens is 268 g/mol. The Morgan fingerprint density at radius 2 is 2.00 bits per heavy atom. The number of anilines is 1. The molecule has 0 atom stereocenters. The number of carbonyl (C=O) groups is 1. The number of hydrogen-bond acceptors (Lipinski definition) is 4. The molecule has 1 N–H and O–H groups in total. The van der Waals surface area contributed by atoms with Crippen LogP contribution >= 0.6 is 0 Å². The maximum absolute atomic E-state index is 12.1. The van der Waals surface area contributed by atoms with Crippen molar-refractivity contribution in [3.8, 4) is 5.75 Å². The number of benzene rings is 1. The van der Waals surface area contributed by atoms with Crippen molar-refractivity contribution >= 4 is 21.4 Å². The molecule has 0 aromatic heterocycles. The molecule has 1 aromatic carbocycles. The van der Waals surface area contributed by atoms with E-state index in [1.54, 1.807) is 0 Å². The van der Waals surface area contributed by atoms with Crippen LogP contribution in [0.3, 0.4) is 0 Å². The van der Waals surface area contributed by atoms with Crippen molar-refractivity contribution in [3.63, 3.8) is 0 Å². The third-order valence-electron chi connectivity index (χ3n) is 1.77. The Kier molecular flexibility index (Phi) is 4.60. The van der Waals surface area contributed by atoms with E-state index in [0.717, 1.165) is 6.26 Å². The van der Waals surface area contributed by atoms with Gasteiger partial charge >= 0.3 is 6.61 Å². The third kappa shape index (κ3) is 5.09. The van der Waals surface area contributed by atoms with E-state index >= 15 is 0 Å². The molecule has 0 saturated heterocycles.